The molecule has 8 rings (SSSR count). The lowest BCUT2D eigenvalue weighted by Gasteiger charge is -2.52. The van der Waals surface area contributed by atoms with Crippen LogP contribution in [0, 0.1) is 11.8 Å². The van der Waals surface area contributed by atoms with Crippen molar-refractivity contribution in [3.05, 3.63) is 0 Å². The number of hydrogen-bond acceptors (Lipinski definition) is 7. The molecular formula is C42H74N8O4. The van der Waals surface area contributed by atoms with E-state index in [0.29, 0.717) is 41.5 Å². The molecule has 6 aliphatic heterocycles. The minimum atomic E-state index is -0.177. The molecule has 306 valence electrons. The molecule has 8 fully saturated rings. The average Bonchev–Trinajstić information content (AvgIpc) is 3.18. The van der Waals surface area contributed by atoms with Crippen molar-refractivity contribution in [3.63, 3.8) is 0 Å². The zero-order valence-electron chi connectivity index (χ0n) is 34.3. The second-order valence-electron chi connectivity index (χ2n) is 19.0. The Morgan fingerprint density at radius 3 is 1.50 bits per heavy atom. The second kappa shape index (κ2) is 17.5. The Morgan fingerprint density at radius 1 is 0.630 bits per heavy atom. The topological polar surface area (TPSA) is 113 Å². The number of nitrogens with one attached hydrogen (secondary N) is 3. The van der Waals surface area contributed by atoms with Crippen molar-refractivity contribution in [1.82, 2.24) is 40.4 Å². The zero-order chi connectivity index (χ0) is 37.9. The van der Waals surface area contributed by atoms with Crippen molar-refractivity contribution in [2.24, 2.45) is 11.8 Å². The highest BCUT2D eigenvalue weighted by Crippen LogP contribution is 2.38. The quantitative estimate of drug-likeness (QED) is 0.335. The summed E-state index contributed by atoms with van der Waals surface area (Å²) < 4.78 is 5.37. The minimum Gasteiger partial charge on any atom is -0.447 e. The molecule has 54 heavy (non-hydrogen) atoms. The molecule has 2 saturated carbocycles. The zero-order valence-corrected chi connectivity index (χ0v) is 34.3. The van der Waals surface area contributed by atoms with Crippen molar-refractivity contribution >= 4 is 18.2 Å². The smallest absolute Gasteiger partial charge is 0.410 e. The summed E-state index contributed by atoms with van der Waals surface area (Å²) in [5, 5.41) is 9.83. The number of fused-ring (bicyclic) bond motifs is 2. The van der Waals surface area contributed by atoms with Crippen LogP contribution in [0.15, 0.2) is 0 Å². The molecule has 0 bridgehead atoms. The van der Waals surface area contributed by atoms with Gasteiger partial charge in [-0.2, -0.15) is 0 Å². The Balaban J connectivity index is 0.000000171. The maximum absolute atomic E-state index is 12.7. The van der Waals surface area contributed by atoms with E-state index in [9.17, 15) is 14.4 Å². The first-order valence-corrected chi connectivity index (χ1v) is 22.3. The number of ether oxygens (including phenoxy) is 1. The number of carbonyl (C=O) groups is 3. The van der Waals surface area contributed by atoms with Crippen LogP contribution in [0.1, 0.15) is 130 Å². The Labute approximate surface area is 326 Å². The summed E-state index contributed by atoms with van der Waals surface area (Å²) >= 11 is 0. The molecule has 6 saturated heterocycles. The standard InChI is InChI=1S/C23H40N4O3.C19H34N4O/c1-17(2)30-22(29)25-14-10-23(3,11-15-25)26-12-8-19(9-13-26)27-20-7-5-4-6-18(20)16-24-21(27)28;1-19(8-10-20-11-9-19)22-12-6-16(7-13-22)23-17-5-3-2-4-15(17)14-21-18(23)24/h17-20H,4-16H2,1-3H3,(H,24,28);15-17,20H,2-14H2,1H3,(H,21,24)/t18-,20+;15-,17+/m11/s1. The fourth-order valence-corrected chi connectivity index (χ4v) is 11.8. The van der Waals surface area contributed by atoms with Gasteiger partial charge in [-0.15, -0.1) is 0 Å². The first-order chi connectivity index (χ1) is 26.0. The third kappa shape index (κ3) is 8.80. The first kappa shape index (κ1) is 39.9. The van der Waals surface area contributed by atoms with Gasteiger partial charge in [-0.3, -0.25) is 9.80 Å². The summed E-state index contributed by atoms with van der Waals surface area (Å²) in [6.07, 6.45) is 18.8. The second-order valence-corrected chi connectivity index (χ2v) is 19.0. The van der Waals surface area contributed by atoms with E-state index in [1.54, 1.807) is 0 Å². The lowest BCUT2D eigenvalue weighted by Crippen LogP contribution is -2.64. The maximum atomic E-state index is 12.7. The highest BCUT2D eigenvalue weighted by atomic mass is 16.6. The van der Waals surface area contributed by atoms with Crippen LogP contribution >= 0.6 is 0 Å². The molecule has 4 atom stereocenters. The molecule has 5 amide bonds. The number of rotatable bonds is 5. The number of urea groups is 2. The van der Waals surface area contributed by atoms with Gasteiger partial charge in [-0.25, -0.2) is 14.4 Å². The van der Waals surface area contributed by atoms with Crippen molar-refractivity contribution in [1.29, 1.82) is 0 Å². The maximum Gasteiger partial charge on any atom is 0.410 e. The summed E-state index contributed by atoms with van der Waals surface area (Å²) in [6.45, 7) is 18.6. The molecule has 3 N–H and O–H groups in total. The highest BCUT2D eigenvalue weighted by molar-refractivity contribution is 5.76. The molecular weight excluding hydrogens is 681 g/mol. The Bertz CT molecular complexity index is 1270. The van der Waals surface area contributed by atoms with E-state index in [4.69, 9.17) is 4.74 Å². The fraction of sp³-hybridized carbons (Fsp3) is 0.929. The van der Waals surface area contributed by atoms with E-state index in [1.807, 2.05) is 18.7 Å². The number of piperidine rings is 4. The molecule has 2 aliphatic carbocycles. The van der Waals surface area contributed by atoms with Gasteiger partial charge in [0.1, 0.15) is 0 Å². The van der Waals surface area contributed by atoms with Crippen LogP contribution in [0.2, 0.25) is 0 Å². The molecule has 0 radical (unpaired) electrons. The number of hydrogen-bond donors (Lipinski definition) is 3. The van der Waals surface area contributed by atoms with Gasteiger partial charge in [0.15, 0.2) is 0 Å². The van der Waals surface area contributed by atoms with Gasteiger partial charge in [0.25, 0.3) is 0 Å². The highest BCUT2D eigenvalue weighted by Gasteiger charge is 2.45. The fourth-order valence-electron chi connectivity index (χ4n) is 11.8. The van der Waals surface area contributed by atoms with Gasteiger partial charge in [-0.1, -0.05) is 25.7 Å². The molecule has 8 aliphatic rings. The summed E-state index contributed by atoms with van der Waals surface area (Å²) in [5.41, 5.74) is 0.505. The van der Waals surface area contributed by atoms with E-state index >= 15 is 0 Å². The van der Waals surface area contributed by atoms with Crippen LogP contribution < -0.4 is 16.0 Å². The van der Waals surface area contributed by atoms with E-state index < -0.39 is 0 Å². The Hall–Kier alpha value is -2.31. The van der Waals surface area contributed by atoms with Gasteiger partial charge in [-0.05, 0) is 130 Å². The van der Waals surface area contributed by atoms with Crippen molar-refractivity contribution < 1.29 is 19.1 Å². The molecule has 6 heterocycles. The van der Waals surface area contributed by atoms with Crippen LogP contribution in [0.4, 0.5) is 14.4 Å². The van der Waals surface area contributed by atoms with Gasteiger partial charge in [0.2, 0.25) is 0 Å². The van der Waals surface area contributed by atoms with E-state index in [-0.39, 0.29) is 29.8 Å². The number of amides is 5. The van der Waals surface area contributed by atoms with Crippen molar-refractivity contribution in [3.8, 4) is 0 Å². The minimum absolute atomic E-state index is 0.0689. The van der Waals surface area contributed by atoms with Crippen molar-refractivity contribution in [2.45, 2.75) is 172 Å². The predicted octanol–water partition coefficient (Wildman–Crippen LogP) is 5.61. The predicted molar refractivity (Wildman–Crippen MR) is 212 cm³/mol. The van der Waals surface area contributed by atoms with E-state index in [1.165, 1.54) is 64.2 Å². The Morgan fingerprint density at radius 2 is 1.06 bits per heavy atom. The molecule has 0 spiro atoms. The average molecular weight is 755 g/mol. The summed E-state index contributed by atoms with van der Waals surface area (Å²) in [6, 6.07) is 2.17. The van der Waals surface area contributed by atoms with Crippen LogP contribution in [-0.2, 0) is 4.74 Å². The normalized spacial score (nSPS) is 32.8. The third-order valence-electron chi connectivity index (χ3n) is 15.3. The summed E-state index contributed by atoms with van der Waals surface area (Å²) in [4.78, 5) is 49.2. The van der Waals surface area contributed by atoms with Crippen LogP contribution in [0.25, 0.3) is 0 Å². The third-order valence-corrected chi connectivity index (χ3v) is 15.3. The first-order valence-electron chi connectivity index (χ1n) is 22.3. The van der Waals surface area contributed by atoms with Gasteiger partial charge < -0.3 is 35.4 Å². The molecule has 12 heteroatoms. The molecule has 0 aromatic carbocycles. The van der Waals surface area contributed by atoms with Crippen LogP contribution in [-0.4, -0.2) is 149 Å². The Kier molecular flexibility index (Phi) is 12.9. The lowest BCUT2D eigenvalue weighted by atomic mass is 9.80. The molecule has 0 aromatic rings. The number of carbonyl (C=O) groups excluding carboxylic acids is 3. The molecule has 0 aromatic heterocycles. The summed E-state index contributed by atoms with van der Waals surface area (Å²) in [5.74, 6) is 1.33. The van der Waals surface area contributed by atoms with E-state index in [2.05, 4.69) is 49.4 Å². The van der Waals surface area contributed by atoms with Crippen LogP contribution in [0.3, 0.4) is 0 Å². The summed E-state index contributed by atoms with van der Waals surface area (Å²) in [7, 11) is 0. The molecule has 0 unspecified atom stereocenters. The van der Waals surface area contributed by atoms with E-state index in [0.717, 1.165) is 104 Å². The van der Waals surface area contributed by atoms with Gasteiger partial charge >= 0.3 is 18.2 Å². The SMILES string of the molecule is CC(C)OC(=O)N1CCC(C)(N2CCC(N3C(=O)NC[C@H]4CCCC[C@@H]43)CC2)CC1.CC1(N2CCC(N3C(=O)NC[C@H]4CCCC[C@@H]43)CC2)CCNCC1. The van der Waals surface area contributed by atoms with Gasteiger partial charge in [0.05, 0.1) is 6.10 Å². The van der Waals surface area contributed by atoms with Gasteiger partial charge in [0, 0.05) is 87.6 Å². The number of likely N-dealkylation sites (tertiary alicyclic amines) is 3. The molecule has 12 nitrogen and oxygen atoms in total. The van der Waals surface area contributed by atoms with Crippen molar-refractivity contribution in [2.75, 3.05) is 65.4 Å². The number of nitrogens with zero attached hydrogens (tertiary/aromatic N) is 5. The monoisotopic (exact) mass is 755 g/mol. The largest absolute Gasteiger partial charge is 0.447 e. The van der Waals surface area contributed by atoms with Crippen LogP contribution in [0.5, 0.6) is 0 Å². The lowest BCUT2D eigenvalue weighted by molar-refractivity contribution is -0.0127.